The Labute approximate surface area is 114 Å². The van der Waals surface area contributed by atoms with E-state index < -0.39 is 10.0 Å². The molecule has 1 aliphatic rings. The van der Waals surface area contributed by atoms with Crippen molar-refractivity contribution in [1.82, 2.24) is 9.21 Å². The molecule has 0 aliphatic carbocycles. The zero-order valence-electron chi connectivity index (χ0n) is 11.4. The minimum Gasteiger partial charge on any atom is -0.507 e. The van der Waals surface area contributed by atoms with E-state index >= 15 is 0 Å². The summed E-state index contributed by atoms with van der Waals surface area (Å²) in [6.07, 6.45) is 0. The van der Waals surface area contributed by atoms with Crippen molar-refractivity contribution in [3.8, 4) is 5.75 Å². The smallest absolute Gasteiger partial charge is 0.246 e. The summed E-state index contributed by atoms with van der Waals surface area (Å²) in [5, 5.41) is 9.74. The van der Waals surface area contributed by atoms with E-state index in [0.29, 0.717) is 13.1 Å². The third kappa shape index (κ3) is 2.61. The maximum absolute atomic E-state index is 12.6. The van der Waals surface area contributed by atoms with E-state index in [9.17, 15) is 13.5 Å². The monoisotopic (exact) mass is 284 g/mol. The van der Waals surface area contributed by atoms with Gasteiger partial charge in [0.15, 0.2) is 0 Å². The van der Waals surface area contributed by atoms with Crippen LogP contribution in [-0.2, 0) is 10.0 Å². The molecule has 1 aromatic carbocycles. The average Bonchev–Trinajstić information content (AvgIpc) is 2.35. The van der Waals surface area contributed by atoms with Gasteiger partial charge in [0.05, 0.1) is 0 Å². The summed E-state index contributed by atoms with van der Waals surface area (Å²) in [5.41, 5.74) is 0. The summed E-state index contributed by atoms with van der Waals surface area (Å²) in [6.45, 7) is 4.89. The normalized spacial score (nSPS) is 26.5. The first-order chi connectivity index (χ1) is 8.84. The van der Waals surface area contributed by atoms with Crippen molar-refractivity contribution in [3.05, 3.63) is 24.3 Å². The van der Waals surface area contributed by atoms with Crippen LogP contribution < -0.4 is 0 Å². The first kappa shape index (κ1) is 14.3. The van der Waals surface area contributed by atoms with E-state index in [4.69, 9.17) is 0 Å². The van der Waals surface area contributed by atoms with Crippen LogP contribution in [0.5, 0.6) is 5.75 Å². The molecule has 1 aliphatic heterocycles. The molecule has 2 unspecified atom stereocenters. The molecule has 0 amide bonds. The molecule has 5 nitrogen and oxygen atoms in total. The van der Waals surface area contributed by atoms with E-state index in [2.05, 4.69) is 4.90 Å². The third-order valence-corrected chi connectivity index (χ3v) is 5.69. The van der Waals surface area contributed by atoms with Gasteiger partial charge in [0.25, 0.3) is 0 Å². The van der Waals surface area contributed by atoms with Crippen LogP contribution in [0.25, 0.3) is 0 Å². The highest BCUT2D eigenvalue weighted by Crippen LogP contribution is 2.27. The molecule has 106 valence electrons. The van der Waals surface area contributed by atoms with Crippen LogP contribution in [0.4, 0.5) is 0 Å². The van der Waals surface area contributed by atoms with Gasteiger partial charge in [-0.2, -0.15) is 4.31 Å². The Hall–Kier alpha value is -1.11. The van der Waals surface area contributed by atoms with E-state index in [0.717, 1.165) is 0 Å². The zero-order chi connectivity index (χ0) is 14.2. The van der Waals surface area contributed by atoms with Gasteiger partial charge in [0, 0.05) is 25.2 Å². The number of sulfonamides is 1. The van der Waals surface area contributed by atoms with E-state index in [1.165, 1.54) is 16.4 Å². The maximum Gasteiger partial charge on any atom is 0.246 e. The van der Waals surface area contributed by atoms with Crippen molar-refractivity contribution >= 4 is 10.0 Å². The number of phenolic OH excluding ortho intramolecular Hbond substituents is 1. The Morgan fingerprint density at radius 1 is 1.16 bits per heavy atom. The number of para-hydroxylation sites is 1. The predicted octanol–water partition coefficient (Wildman–Crippen LogP) is 1.11. The van der Waals surface area contributed by atoms with E-state index in [1.807, 2.05) is 20.9 Å². The highest BCUT2D eigenvalue weighted by molar-refractivity contribution is 7.89. The lowest BCUT2D eigenvalue weighted by Crippen LogP contribution is -2.56. The van der Waals surface area contributed by atoms with Gasteiger partial charge in [-0.1, -0.05) is 12.1 Å². The summed E-state index contributed by atoms with van der Waals surface area (Å²) >= 11 is 0. The lowest BCUT2D eigenvalue weighted by Gasteiger charge is -2.41. The molecule has 1 heterocycles. The quantitative estimate of drug-likeness (QED) is 0.883. The van der Waals surface area contributed by atoms with Crippen molar-refractivity contribution in [2.24, 2.45) is 0 Å². The minimum absolute atomic E-state index is 0.0149. The molecular weight excluding hydrogens is 264 g/mol. The van der Waals surface area contributed by atoms with E-state index in [-0.39, 0.29) is 22.7 Å². The molecule has 1 fully saturated rings. The Bertz CT molecular complexity index is 547. The summed E-state index contributed by atoms with van der Waals surface area (Å²) in [5.74, 6) is -0.193. The molecule has 1 saturated heterocycles. The first-order valence-electron chi connectivity index (χ1n) is 6.34. The molecule has 0 aromatic heterocycles. The number of phenols is 1. The summed E-state index contributed by atoms with van der Waals surface area (Å²) < 4.78 is 26.6. The van der Waals surface area contributed by atoms with Gasteiger partial charge in [0.1, 0.15) is 10.6 Å². The molecule has 0 spiro atoms. The van der Waals surface area contributed by atoms with Crippen molar-refractivity contribution < 1.29 is 13.5 Å². The number of piperazine rings is 1. The molecule has 6 heteroatoms. The maximum atomic E-state index is 12.6. The number of aromatic hydroxyl groups is 1. The average molecular weight is 284 g/mol. The van der Waals surface area contributed by atoms with Gasteiger partial charge in [-0.05, 0) is 33.0 Å². The second-order valence-corrected chi connectivity index (χ2v) is 7.06. The summed E-state index contributed by atoms with van der Waals surface area (Å²) in [6, 6.07) is 6.39. The molecule has 2 atom stereocenters. The summed E-state index contributed by atoms with van der Waals surface area (Å²) in [7, 11) is -1.63. The predicted molar refractivity (Wildman–Crippen MR) is 73.6 cm³/mol. The number of hydrogen-bond donors (Lipinski definition) is 1. The number of benzene rings is 1. The van der Waals surface area contributed by atoms with Crippen LogP contribution in [0, 0.1) is 0 Å². The fraction of sp³-hybridized carbons (Fsp3) is 0.538. The van der Waals surface area contributed by atoms with Crippen LogP contribution in [-0.4, -0.2) is 55.0 Å². The van der Waals surface area contributed by atoms with Crippen LogP contribution in [0.15, 0.2) is 29.2 Å². The van der Waals surface area contributed by atoms with Crippen LogP contribution >= 0.6 is 0 Å². The van der Waals surface area contributed by atoms with Gasteiger partial charge in [-0.3, -0.25) is 4.90 Å². The Kier molecular flexibility index (Phi) is 3.85. The lowest BCUT2D eigenvalue weighted by molar-refractivity contribution is 0.105. The molecule has 1 N–H and O–H groups in total. The SMILES string of the molecule is CC1CN(S(=O)(=O)c2ccccc2O)CC(C)N1C. The Morgan fingerprint density at radius 2 is 1.68 bits per heavy atom. The first-order valence-corrected chi connectivity index (χ1v) is 7.78. The van der Waals surface area contributed by atoms with Crippen LogP contribution in [0.1, 0.15) is 13.8 Å². The molecule has 0 radical (unpaired) electrons. The van der Waals surface area contributed by atoms with Gasteiger partial charge in [-0.25, -0.2) is 8.42 Å². The Morgan fingerprint density at radius 3 is 2.21 bits per heavy atom. The highest BCUT2D eigenvalue weighted by atomic mass is 32.2. The van der Waals surface area contributed by atoms with Crippen molar-refractivity contribution in [2.45, 2.75) is 30.8 Å². The highest BCUT2D eigenvalue weighted by Gasteiger charge is 2.35. The second-order valence-electron chi connectivity index (χ2n) is 5.15. The van der Waals surface area contributed by atoms with Crippen molar-refractivity contribution in [3.63, 3.8) is 0 Å². The lowest BCUT2D eigenvalue weighted by atomic mass is 10.1. The fourth-order valence-electron chi connectivity index (χ4n) is 2.37. The van der Waals surface area contributed by atoms with Crippen molar-refractivity contribution in [1.29, 1.82) is 0 Å². The molecule has 2 rings (SSSR count). The van der Waals surface area contributed by atoms with Gasteiger partial charge in [-0.15, -0.1) is 0 Å². The molecular formula is C13H20N2O3S. The third-order valence-electron chi connectivity index (χ3n) is 3.81. The van der Waals surface area contributed by atoms with Crippen LogP contribution in [0.2, 0.25) is 0 Å². The van der Waals surface area contributed by atoms with Crippen LogP contribution in [0.3, 0.4) is 0 Å². The number of hydrogen-bond acceptors (Lipinski definition) is 4. The second kappa shape index (κ2) is 5.11. The topological polar surface area (TPSA) is 60.9 Å². The van der Waals surface area contributed by atoms with E-state index in [1.54, 1.807) is 12.1 Å². The van der Waals surface area contributed by atoms with Gasteiger partial charge in [0.2, 0.25) is 10.0 Å². The number of likely N-dealkylation sites (N-methyl/N-ethyl adjacent to an activating group) is 1. The summed E-state index contributed by atoms with van der Waals surface area (Å²) in [4.78, 5) is 2.15. The number of nitrogens with zero attached hydrogens (tertiary/aromatic N) is 2. The Balaban J connectivity index is 2.34. The minimum atomic E-state index is -3.63. The molecule has 1 aromatic rings. The van der Waals surface area contributed by atoms with Crippen molar-refractivity contribution in [2.75, 3.05) is 20.1 Å². The molecule has 0 bridgehead atoms. The largest absolute Gasteiger partial charge is 0.507 e. The van der Waals surface area contributed by atoms with Gasteiger partial charge >= 0.3 is 0 Å². The fourth-order valence-corrected chi connectivity index (χ4v) is 4.05. The molecule has 19 heavy (non-hydrogen) atoms. The number of rotatable bonds is 2. The standard InChI is InChI=1S/C13H20N2O3S/c1-10-8-15(9-11(2)14(10)3)19(17,18)13-7-5-4-6-12(13)16/h4-7,10-11,16H,8-9H2,1-3H3. The van der Waals surface area contributed by atoms with Gasteiger partial charge < -0.3 is 5.11 Å². The molecule has 0 saturated carbocycles. The zero-order valence-corrected chi connectivity index (χ0v) is 12.3.